The van der Waals surface area contributed by atoms with Crippen LogP contribution in [0, 0.1) is 5.82 Å². The third kappa shape index (κ3) is 3.43. The Hall–Kier alpha value is -1.98. The Bertz CT molecular complexity index is 697. The van der Waals surface area contributed by atoms with Crippen molar-refractivity contribution >= 4 is 0 Å². The summed E-state index contributed by atoms with van der Waals surface area (Å²) in [5.41, 5.74) is 1.98. The maximum atomic E-state index is 13.0. The van der Waals surface area contributed by atoms with Gasteiger partial charge >= 0.3 is 0 Å². The van der Waals surface area contributed by atoms with Crippen LogP contribution in [0.4, 0.5) is 4.39 Å². The second kappa shape index (κ2) is 6.42. The molecule has 4 nitrogen and oxygen atoms in total. The molecule has 0 N–H and O–H groups in total. The molecule has 0 unspecified atom stereocenters. The lowest BCUT2D eigenvalue weighted by molar-refractivity contribution is -0.0329. The van der Waals surface area contributed by atoms with Gasteiger partial charge < -0.3 is 9.30 Å². The van der Waals surface area contributed by atoms with Crippen LogP contribution in [0.25, 0.3) is 0 Å². The summed E-state index contributed by atoms with van der Waals surface area (Å²) in [6, 6.07) is 10.1. The molecule has 0 aliphatic carbocycles. The lowest BCUT2D eigenvalue weighted by Crippen LogP contribution is -2.38. The van der Waals surface area contributed by atoms with Crippen LogP contribution >= 0.6 is 0 Å². The first-order valence-corrected chi connectivity index (χ1v) is 7.37. The lowest BCUT2D eigenvalue weighted by atomic mass is 10.1. The van der Waals surface area contributed by atoms with Gasteiger partial charge in [0, 0.05) is 38.9 Å². The summed E-state index contributed by atoms with van der Waals surface area (Å²) in [6.45, 7) is 2.91. The Labute approximate surface area is 128 Å². The van der Waals surface area contributed by atoms with Gasteiger partial charge in [-0.2, -0.15) is 0 Å². The molecule has 0 amide bonds. The minimum absolute atomic E-state index is 0.000781. The molecule has 0 radical (unpaired) electrons. The predicted octanol–water partition coefficient (Wildman–Crippen LogP) is 2.10. The van der Waals surface area contributed by atoms with Crippen molar-refractivity contribution in [3.05, 3.63) is 69.9 Å². The van der Waals surface area contributed by atoms with E-state index in [2.05, 4.69) is 4.90 Å². The third-order valence-electron chi connectivity index (χ3n) is 3.97. The van der Waals surface area contributed by atoms with Gasteiger partial charge in [-0.3, -0.25) is 9.69 Å². The molecule has 1 aliphatic rings. The highest BCUT2D eigenvalue weighted by Crippen LogP contribution is 2.23. The van der Waals surface area contributed by atoms with Gasteiger partial charge in [-0.25, -0.2) is 4.39 Å². The number of morpholine rings is 1. The minimum Gasteiger partial charge on any atom is -0.371 e. The van der Waals surface area contributed by atoms with Crippen LogP contribution in [0.1, 0.15) is 17.2 Å². The summed E-state index contributed by atoms with van der Waals surface area (Å²) in [5, 5.41) is 0. The van der Waals surface area contributed by atoms with Crippen LogP contribution in [0.5, 0.6) is 0 Å². The topological polar surface area (TPSA) is 34.5 Å². The van der Waals surface area contributed by atoms with Gasteiger partial charge in [-0.1, -0.05) is 12.1 Å². The fraction of sp³-hybridized carbons (Fsp3) is 0.353. The molecule has 116 valence electrons. The SMILES string of the molecule is Cn1ccc(CN2CCO[C@@H](c3ccc(F)cc3)C2)cc1=O. The molecule has 1 aliphatic heterocycles. The molecule has 22 heavy (non-hydrogen) atoms. The summed E-state index contributed by atoms with van der Waals surface area (Å²) < 4.78 is 20.4. The standard InChI is InChI=1S/C17H19FN2O2/c1-19-7-6-13(10-17(19)21)11-20-8-9-22-16(12-20)14-2-4-15(18)5-3-14/h2-7,10,16H,8-9,11-12H2,1H3/t16-/m1/s1. The molecule has 0 spiro atoms. The molecule has 1 aromatic carbocycles. The van der Waals surface area contributed by atoms with E-state index < -0.39 is 0 Å². The minimum atomic E-state index is -0.239. The van der Waals surface area contributed by atoms with E-state index in [4.69, 9.17) is 4.74 Å². The number of aryl methyl sites for hydroxylation is 1. The van der Waals surface area contributed by atoms with Gasteiger partial charge in [-0.15, -0.1) is 0 Å². The summed E-state index contributed by atoms with van der Waals surface area (Å²) in [5.74, 6) is -0.239. The van der Waals surface area contributed by atoms with Crippen molar-refractivity contribution in [3.8, 4) is 0 Å². The molecule has 1 aromatic heterocycles. The van der Waals surface area contributed by atoms with Crippen molar-refractivity contribution in [2.75, 3.05) is 19.7 Å². The lowest BCUT2D eigenvalue weighted by Gasteiger charge is -2.33. The maximum Gasteiger partial charge on any atom is 0.250 e. The number of nitrogens with zero attached hydrogens (tertiary/aromatic N) is 2. The Balaban J connectivity index is 1.68. The number of aromatic nitrogens is 1. The van der Waals surface area contributed by atoms with Gasteiger partial charge in [0.25, 0.3) is 5.56 Å². The first-order valence-electron chi connectivity index (χ1n) is 7.37. The Morgan fingerprint density at radius 3 is 2.77 bits per heavy atom. The molecule has 5 heteroatoms. The molecule has 0 saturated carbocycles. The number of ether oxygens (including phenoxy) is 1. The van der Waals surface area contributed by atoms with Gasteiger partial charge in [0.05, 0.1) is 12.7 Å². The van der Waals surface area contributed by atoms with Crippen molar-refractivity contribution in [1.29, 1.82) is 0 Å². The summed E-state index contributed by atoms with van der Waals surface area (Å²) >= 11 is 0. The molecular formula is C17H19FN2O2. The van der Waals surface area contributed by atoms with E-state index in [1.165, 1.54) is 12.1 Å². The number of hydrogen-bond acceptors (Lipinski definition) is 3. The first-order chi connectivity index (χ1) is 10.6. The fourth-order valence-electron chi connectivity index (χ4n) is 2.67. The molecule has 2 heterocycles. The van der Waals surface area contributed by atoms with Crippen LogP contribution in [-0.2, 0) is 18.3 Å². The van der Waals surface area contributed by atoms with Crippen LogP contribution in [-0.4, -0.2) is 29.2 Å². The Morgan fingerprint density at radius 1 is 1.27 bits per heavy atom. The van der Waals surface area contributed by atoms with Crippen molar-refractivity contribution < 1.29 is 9.13 Å². The summed E-state index contributed by atoms with van der Waals surface area (Å²) in [6.07, 6.45) is 1.73. The van der Waals surface area contributed by atoms with E-state index in [1.54, 1.807) is 36.0 Å². The average molecular weight is 302 g/mol. The van der Waals surface area contributed by atoms with E-state index >= 15 is 0 Å². The molecule has 0 bridgehead atoms. The van der Waals surface area contributed by atoms with Crippen LogP contribution in [0.3, 0.4) is 0 Å². The van der Waals surface area contributed by atoms with E-state index in [9.17, 15) is 9.18 Å². The van der Waals surface area contributed by atoms with E-state index in [0.717, 1.165) is 30.8 Å². The first kappa shape index (κ1) is 14.9. The molecule has 1 atom stereocenters. The van der Waals surface area contributed by atoms with Gasteiger partial charge in [-0.05, 0) is 29.3 Å². The Kier molecular flexibility index (Phi) is 4.36. The highest BCUT2D eigenvalue weighted by molar-refractivity contribution is 5.19. The van der Waals surface area contributed by atoms with E-state index in [0.29, 0.717) is 6.61 Å². The predicted molar refractivity (Wildman–Crippen MR) is 82.1 cm³/mol. The number of halogens is 1. The molecular weight excluding hydrogens is 283 g/mol. The van der Waals surface area contributed by atoms with Crippen molar-refractivity contribution in [2.45, 2.75) is 12.6 Å². The fourth-order valence-corrected chi connectivity index (χ4v) is 2.67. The third-order valence-corrected chi connectivity index (χ3v) is 3.97. The monoisotopic (exact) mass is 302 g/mol. The zero-order valence-corrected chi connectivity index (χ0v) is 12.5. The number of benzene rings is 1. The van der Waals surface area contributed by atoms with Crippen molar-refractivity contribution in [3.63, 3.8) is 0 Å². The summed E-state index contributed by atoms with van der Waals surface area (Å²) in [4.78, 5) is 13.9. The van der Waals surface area contributed by atoms with E-state index in [-0.39, 0.29) is 17.5 Å². The van der Waals surface area contributed by atoms with Crippen LogP contribution in [0.15, 0.2) is 47.4 Å². The largest absolute Gasteiger partial charge is 0.371 e. The zero-order chi connectivity index (χ0) is 15.5. The van der Waals surface area contributed by atoms with Crippen LogP contribution in [0.2, 0.25) is 0 Å². The van der Waals surface area contributed by atoms with Crippen molar-refractivity contribution in [2.24, 2.45) is 7.05 Å². The van der Waals surface area contributed by atoms with Gasteiger partial charge in [0.2, 0.25) is 0 Å². The maximum absolute atomic E-state index is 13.0. The normalized spacial score (nSPS) is 19.3. The van der Waals surface area contributed by atoms with Crippen molar-refractivity contribution in [1.82, 2.24) is 9.47 Å². The molecule has 3 rings (SSSR count). The molecule has 2 aromatic rings. The quantitative estimate of drug-likeness (QED) is 0.871. The van der Waals surface area contributed by atoms with Gasteiger partial charge in [0.15, 0.2) is 0 Å². The Morgan fingerprint density at radius 2 is 2.05 bits per heavy atom. The second-order valence-corrected chi connectivity index (χ2v) is 5.63. The smallest absolute Gasteiger partial charge is 0.250 e. The van der Waals surface area contributed by atoms with Crippen LogP contribution < -0.4 is 5.56 Å². The zero-order valence-electron chi connectivity index (χ0n) is 12.5. The van der Waals surface area contributed by atoms with E-state index in [1.807, 2.05) is 6.07 Å². The number of hydrogen-bond donors (Lipinski definition) is 0. The number of pyridine rings is 1. The van der Waals surface area contributed by atoms with Gasteiger partial charge in [0.1, 0.15) is 5.82 Å². The highest BCUT2D eigenvalue weighted by atomic mass is 19.1. The molecule has 1 saturated heterocycles. The second-order valence-electron chi connectivity index (χ2n) is 5.63. The summed E-state index contributed by atoms with van der Waals surface area (Å²) in [7, 11) is 1.74. The average Bonchev–Trinajstić information content (AvgIpc) is 2.52. The highest BCUT2D eigenvalue weighted by Gasteiger charge is 2.22. The molecule has 1 fully saturated rings. The number of rotatable bonds is 3.